The lowest BCUT2D eigenvalue weighted by Crippen LogP contribution is -2.46. The Labute approximate surface area is 104 Å². The molecule has 0 aliphatic carbocycles. The molecule has 1 saturated heterocycles. The summed E-state index contributed by atoms with van der Waals surface area (Å²) in [6, 6.07) is -1.000. The summed E-state index contributed by atoms with van der Waals surface area (Å²) in [4.78, 5) is 31.1. The summed E-state index contributed by atoms with van der Waals surface area (Å²) in [7, 11) is 0. The molecule has 0 unspecified atom stereocenters. The minimum absolute atomic E-state index is 0.313. The molecule has 0 saturated carbocycles. The van der Waals surface area contributed by atoms with E-state index in [1.807, 2.05) is 0 Å². The number of amides is 2. The minimum atomic E-state index is -0.936. The normalized spacial score (nSPS) is 18.9. The van der Waals surface area contributed by atoms with E-state index in [2.05, 4.69) is 15.3 Å². The number of aromatic amines is 1. The Hall–Kier alpha value is -2.05. The molecule has 0 aromatic carbocycles. The van der Waals surface area contributed by atoms with Gasteiger partial charge in [0.2, 0.25) is 0 Å². The van der Waals surface area contributed by atoms with Crippen molar-refractivity contribution >= 4 is 12.0 Å². The third kappa shape index (κ3) is 2.79. The first-order valence-corrected chi connectivity index (χ1v) is 5.94. The van der Waals surface area contributed by atoms with Crippen molar-refractivity contribution in [3.63, 3.8) is 0 Å². The number of carbonyl (C=O) groups excluding carboxylic acids is 1. The second kappa shape index (κ2) is 5.52. The Morgan fingerprint density at radius 2 is 2.44 bits per heavy atom. The van der Waals surface area contributed by atoms with Crippen molar-refractivity contribution in [1.82, 2.24) is 20.2 Å². The van der Waals surface area contributed by atoms with Gasteiger partial charge in [0.25, 0.3) is 0 Å². The van der Waals surface area contributed by atoms with E-state index in [0.29, 0.717) is 25.9 Å². The monoisotopic (exact) mass is 252 g/mol. The summed E-state index contributed by atoms with van der Waals surface area (Å²) < 4.78 is 0. The van der Waals surface area contributed by atoms with Crippen LogP contribution >= 0.6 is 0 Å². The third-order valence-corrected chi connectivity index (χ3v) is 2.99. The fraction of sp³-hybridized carbons (Fsp3) is 0.545. The zero-order valence-corrected chi connectivity index (χ0v) is 9.93. The number of aromatic nitrogens is 2. The number of rotatable bonds is 4. The third-order valence-electron chi connectivity index (χ3n) is 2.99. The second-order valence-electron chi connectivity index (χ2n) is 4.21. The standard InChI is InChI=1S/C11H16N4O3/c16-10(17)8-2-1-7-15(8)11(18)14-4-3-9-12-5-6-13-9/h5-6,8H,1-4,7H2,(H,12,13)(H,14,18)(H,16,17)/t8-/m0/s1. The number of H-pyrrole nitrogens is 1. The van der Waals surface area contributed by atoms with Gasteiger partial charge in [-0.25, -0.2) is 14.6 Å². The molecule has 2 heterocycles. The minimum Gasteiger partial charge on any atom is -0.480 e. The highest BCUT2D eigenvalue weighted by Gasteiger charge is 2.33. The number of imidazole rings is 1. The number of aliphatic carboxylic acids is 1. The summed E-state index contributed by atoms with van der Waals surface area (Å²) in [5.41, 5.74) is 0. The van der Waals surface area contributed by atoms with Gasteiger partial charge in [0, 0.05) is 31.9 Å². The summed E-state index contributed by atoms with van der Waals surface area (Å²) in [5.74, 6) is -0.139. The van der Waals surface area contributed by atoms with Crippen LogP contribution in [0.15, 0.2) is 12.4 Å². The van der Waals surface area contributed by atoms with Gasteiger partial charge in [-0.3, -0.25) is 0 Å². The lowest BCUT2D eigenvalue weighted by molar-refractivity contribution is -0.141. The fourth-order valence-electron chi connectivity index (χ4n) is 2.09. The van der Waals surface area contributed by atoms with Crippen molar-refractivity contribution in [2.24, 2.45) is 0 Å². The van der Waals surface area contributed by atoms with Gasteiger partial charge in [-0.1, -0.05) is 0 Å². The summed E-state index contributed by atoms with van der Waals surface area (Å²) >= 11 is 0. The maximum atomic E-state index is 11.8. The molecular weight excluding hydrogens is 236 g/mol. The first kappa shape index (κ1) is 12.4. The van der Waals surface area contributed by atoms with Crippen LogP contribution in [0.5, 0.6) is 0 Å². The Bertz CT molecular complexity index is 418. The van der Waals surface area contributed by atoms with Crippen molar-refractivity contribution < 1.29 is 14.7 Å². The highest BCUT2D eigenvalue weighted by molar-refractivity contribution is 5.83. The number of carboxylic acids is 1. The van der Waals surface area contributed by atoms with Gasteiger partial charge in [-0.05, 0) is 12.8 Å². The van der Waals surface area contributed by atoms with Crippen LogP contribution in [0, 0.1) is 0 Å². The first-order chi connectivity index (χ1) is 8.68. The molecule has 2 amide bonds. The van der Waals surface area contributed by atoms with Crippen LogP contribution in [0.3, 0.4) is 0 Å². The smallest absolute Gasteiger partial charge is 0.326 e. The Kier molecular flexibility index (Phi) is 3.81. The van der Waals surface area contributed by atoms with Crippen LogP contribution in [-0.4, -0.2) is 51.1 Å². The molecule has 1 aliphatic rings. The molecule has 0 radical (unpaired) electrons. The van der Waals surface area contributed by atoms with Crippen LogP contribution in [-0.2, 0) is 11.2 Å². The SMILES string of the molecule is O=C(O)[C@@H]1CCCN1C(=O)NCCc1ncc[nH]1. The number of urea groups is 1. The van der Waals surface area contributed by atoms with Gasteiger partial charge in [0.15, 0.2) is 0 Å². The van der Waals surface area contributed by atoms with E-state index in [9.17, 15) is 9.59 Å². The molecule has 1 aromatic rings. The van der Waals surface area contributed by atoms with Crippen LogP contribution in [0.4, 0.5) is 4.79 Å². The van der Waals surface area contributed by atoms with Gasteiger partial charge in [-0.2, -0.15) is 0 Å². The molecule has 0 spiro atoms. The predicted octanol–water partition coefficient (Wildman–Crippen LogP) is 0.211. The molecular formula is C11H16N4O3. The molecule has 7 heteroatoms. The van der Waals surface area contributed by atoms with E-state index in [0.717, 1.165) is 12.2 Å². The van der Waals surface area contributed by atoms with Gasteiger partial charge in [0.1, 0.15) is 11.9 Å². The zero-order valence-electron chi connectivity index (χ0n) is 9.93. The summed E-state index contributed by atoms with van der Waals surface area (Å²) in [5, 5.41) is 11.7. The van der Waals surface area contributed by atoms with E-state index < -0.39 is 12.0 Å². The molecule has 7 nitrogen and oxygen atoms in total. The summed E-state index contributed by atoms with van der Waals surface area (Å²) in [6.45, 7) is 0.943. The number of likely N-dealkylation sites (tertiary alicyclic amines) is 1. The average molecular weight is 252 g/mol. The number of nitrogens with one attached hydrogen (secondary N) is 2. The van der Waals surface area contributed by atoms with E-state index in [-0.39, 0.29) is 6.03 Å². The van der Waals surface area contributed by atoms with Crippen molar-refractivity contribution in [2.75, 3.05) is 13.1 Å². The Balaban J connectivity index is 1.79. The Morgan fingerprint density at radius 1 is 1.61 bits per heavy atom. The van der Waals surface area contributed by atoms with Gasteiger partial charge >= 0.3 is 12.0 Å². The van der Waals surface area contributed by atoms with Crippen LogP contribution < -0.4 is 5.32 Å². The van der Waals surface area contributed by atoms with Crippen molar-refractivity contribution in [2.45, 2.75) is 25.3 Å². The largest absolute Gasteiger partial charge is 0.480 e. The molecule has 1 fully saturated rings. The molecule has 0 bridgehead atoms. The van der Waals surface area contributed by atoms with Crippen molar-refractivity contribution in [1.29, 1.82) is 0 Å². The lowest BCUT2D eigenvalue weighted by Gasteiger charge is -2.21. The molecule has 1 atom stereocenters. The molecule has 3 N–H and O–H groups in total. The van der Waals surface area contributed by atoms with Gasteiger partial charge < -0.3 is 20.3 Å². The van der Waals surface area contributed by atoms with Gasteiger partial charge in [-0.15, -0.1) is 0 Å². The van der Waals surface area contributed by atoms with Crippen LogP contribution in [0.1, 0.15) is 18.7 Å². The first-order valence-electron chi connectivity index (χ1n) is 5.94. The number of hydrogen-bond acceptors (Lipinski definition) is 3. The molecule has 18 heavy (non-hydrogen) atoms. The zero-order chi connectivity index (χ0) is 13.0. The number of nitrogens with zero attached hydrogens (tertiary/aromatic N) is 2. The molecule has 98 valence electrons. The topological polar surface area (TPSA) is 98.3 Å². The highest BCUT2D eigenvalue weighted by atomic mass is 16.4. The maximum Gasteiger partial charge on any atom is 0.326 e. The predicted molar refractivity (Wildman–Crippen MR) is 63.1 cm³/mol. The highest BCUT2D eigenvalue weighted by Crippen LogP contribution is 2.17. The molecule has 2 rings (SSSR count). The number of carbonyl (C=O) groups is 2. The number of hydrogen-bond donors (Lipinski definition) is 3. The molecule has 1 aliphatic heterocycles. The second-order valence-corrected chi connectivity index (χ2v) is 4.21. The van der Waals surface area contributed by atoms with Crippen molar-refractivity contribution in [3.05, 3.63) is 18.2 Å². The van der Waals surface area contributed by atoms with E-state index in [4.69, 9.17) is 5.11 Å². The fourth-order valence-corrected chi connectivity index (χ4v) is 2.09. The van der Waals surface area contributed by atoms with Crippen LogP contribution in [0.2, 0.25) is 0 Å². The van der Waals surface area contributed by atoms with Crippen LogP contribution in [0.25, 0.3) is 0 Å². The maximum absolute atomic E-state index is 11.8. The van der Waals surface area contributed by atoms with E-state index in [1.165, 1.54) is 4.90 Å². The molecule has 1 aromatic heterocycles. The summed E-state index contributed by atoms with van der Waals surface area (Å²) in [6.07, 6.45) is 5.24. The number of carboxylic acid groups (broad SMARTS) is 1. The van der Waals surface area contributed by atoms with Gasteiger partial charge in [0.05, 0.1) is 0 Å². The average Bonchev–Trinajstić information content (AvgIpc) is 2.99. The van der Waals surface area contributed by atoms with Crippen molar-refractivity contribution in [3.8, 4) is 0 Å². The quantitative estimate of drug-likeness (QED) is 0.713. The Morgan fingerprint density at radius 3 is 3.11 bits per heavy atom. The van der Waals surface area contributed by atoms with E-state index >= 15 is 0 Å². The lowest BCUT2D eigenvalue weighted by atomic mass is 10.2. The van der Waals surface area contributed by atoms with E-state index in [1.54, 1.807) is 12.4 Å².